The molecule has 20 heavy (non-hydrogen) atoms. The van der Waals surface area contributed by atoms with Gasteiger partial charge in [-0.05, 0) is 32.9 Å². The van der Waals surface area contributed by atoms with Crippen LogP contribution in [0.4, 0.5) is 0 Å². The highest BCUT2D eigenvalue weighted by molar-refractivity contribution is 5.99. The van der Waals surface area contributed by atoms with Crippen LogP contribution in [0.1, 0.15) is 28.2 Å². The monoisotopic (exact) mass is 273 g/mol. The second-order valence-corrected chi connectivity index (χ2v) is 5.23. The van der Waals surface area contributed by atoms with Gasteiger partial charge in [0.25, 0.3) is 5.91 Å². The summed E-state index contributed by atoms with van der Waals surface area (Å²) < 4.78 is 1.73. The standard InChI is InChI=1S/C14H19N5O/c1-10-8-11(2)19-13(17-10)12(9-16-19)14(20)18-6-3-4-15-5-7-18/h8-9,15H,3-7H2,1-2H3. The molecule has 0 atom stereocenters. The third kappa shape index (κ3) is 2.27. The van der Waals surface area contributed by atoms with Gasteiger partial charge in [-0.1, -0.05) is 0 Å². The first-order valence-corrected chi connectivity index (χ1v) is 6.99. The maximum absolute atomic E-state index is 12.7. The van der Waals surface area contributed by atoms with Crippen LogP contribution < -0.4 is 5.32 Å². The molecule has 0 bridgehead atoms. The molecular formula is C14H19N5O. The third-order valence-corrected chi connectivity index (χ3v) is 3.64. The molecule has 1 amide bonds. The summed E-state index contributed by atoms with van der Waals surface area (Å²) in [6.45, 7) is 7.24. The molecule has 3 rings (SSSR count). The van der Waals surface area contributed by atoms with E-state index < -0.39 is 0 Å². The number of amides is 1. The van der Waals surface area contributed by atoms with Crippen molar-refractivity contribution < 1.29 is 4.79 Å². The lowest BCUT2D eigenvalue weighted by Crippen LogP contribution is -2.34. The van der Waals surface area contributed by atoms with Gasteiger partial charge in [0.1, 0.15) is 5.56 Å². The van der Waals surface area contributed by atoms with Gasteiger partial charge in [0, 0.05) is 31.0 Å². The highest BCUT2D eigenvalue weighted by Crippen LogP contribution is 2.14. The number of aromatic nitrogens is 3. The lowest BCUT2D eigenvalue weighted by Gasteiger charge is -2.19. The average molecular weight is 273 g/mol. The van der Waals surface area contributed by atoms with Gasteiger partial charge in [-0.2, -0.15) is 5.10 Å². The second-order valence-electron chi connectivity index (χ2n) is 5.23. The zero-order valence-electron chi connectivity index (χ0n) is 11.9. The number of fused-ring (bicyclic) bond motifs is 1. The van der Waals surface area contributed by atoms with Crippen molar-refractivity contribution in [2.45, 2.75) is 20.3 Å². The van der Waals surface area contributed by atoms with E-state index >= 15 is 0 Å². The van der Waals surface area contributed by atoms with E-state index in [9.17, 15) is 4.79 Å². The van der Waals surface area contributed by atoms with Gasteiger partial charge >= 0.3 is 0 Å². The largest absolute Gasteiger partial charge is 0.337 e. The molecule has 1 saturated heterocycles. The van der Waals surface area contributed by atoms with Crippen molar-refractivity contribution in [2.24, 2.45) is 0 Å². The molecule has 6 nitrogen and oxygen atoms in total. The van der Waals surface area contributed by atoms with E-state index in [4.69, 9.17) is 0 Å². The summed E-state index contributed by atoms with van der Waals surface area (Å²) in [5.41, 5.74) is 3.15. The fourth-order valence-corrected chi connectivity index (χ4v) is 2.64. The van der Waals surface area contributed by atoms with Crippen LogP contribution in [0.2, 0.25) is 0 Å². The van der Waals surface area contributed by atoms with Crippen LogP contribution in [-0.2, 0) is 0 Å². The Morgan fingerprint density at radius 3 is 3.00 bits per heavy atom. The molecule has 0 unspecified atom stereocenters. The molecule has 0 aromatic carbocycles. The van der Waals surface area contributed by atoms with E-state index in [0.717, 1.165) is 44.0 Å². The maximum Gasteiger partial charge on any atom is 0.259 e. The van der Waals surface area contributed by atoms with E-state index in [-0.39, 0.29) is 5.91 Å². The Balaban J connectivity index is 1.99. The fourth-order valence-electron chi connectivity index (χ4n) is 2.64. The molecule has 106 valence electrons. The van der Waals surface area contributed by atoms with E-state index in [2.05, 4.69) is 15.4 Å². The number of hydrogen-bond donors (Lipinski definition) is 1. The Kier molecular flexibility index (Phi) is 3.40. The molecule has 1 aliphatic rings. The van der Waals surface area contributed by atoms with Crippen LogP contribution in [-0.4, -0.2) is 51.6 Å². The molecular weight excluding hydrogens is 254 g/mol. The van der Waals surface area contributed by atoms with Crippen LogP contribution >= 0.6 is 0 Å². The highest BCUT2D eigenvalue weighted by Gasteiger charge is 2.22. The number of aryl methyl sites for hydroxylation is 2. The van der Waals surface area contributed by atoms with Crippen LogP contribution in [0.25, 0.3) is 5.65 Å². The minimum absolute atomic E-state index is 0.0289. The topological polar surface area (TPSA) is 62.5 Å². The predicted octanol–water partition coefficient (Wildman–Crippen LogP) is 0.782. The summed E-state index contributed by atoms with van der Waals surface area (Å²) in [6, 6.07) is 1.96. The first-order chi connectivity index (χ1) is 9.66. The molecule has 1 fully saturated rings. The van der Waals surface area contributed by atoms with E-state index in [0.29, 0.717) is 11.2 Å². The summed E-state index contributed by atoms with van der Waals surface area (Å²) in [6.07, 6.45) is 2.62. The van der Waals surface area contributed by atoms with Gasteiger partial charge in [-0.25, -0.2) is 9.50 Å². The zero-order chi connectivity index (χ0) is 14.1. The SMILES string of the molecule is Cc1cc(C)n2ncc(C(=O)N3CCCNCC3)c2n1. The number of nitrogens with one attached hydrogen (secondary N) is 1. The number of nitrogens with zero attached hydrogens (tertiary/aromatic N) is 4. The Bertz CT molecular complexity index is 640. The molecule has 0 spiro atoms. The second kappa shape index (κ2) is 5.20. The maximum atomic E-state index is 12.7. The summed E-state index contributed by atoms with van der Waals surface area (Å²) >= 11 is 0. The summed E-state index contributed by atoms with van der Waals surface area (Å²) in [5, 5.41) is 7.59. The van der Waals surface area contributed by atoms with Crippen molar-refractivity contribution >= 4 is 11.6 Å². The lowest BCUT2D eigenvalue weighted by atomic mass is 10.2. The third-order valence-electron chi connectivity index (χ3n) is 3.64. The molecule has 1 aliphatic heterocycles. The Hall–Kier alpha value is -1.95. The first kappa shape index (κ1) is 13.1. The van der Waals surface area contributed by atoms with Crippen molar-refractivity contribution in [3.8, 4) is 0 Å². The lowest BCUT2D eigenvalue weighted by molar-refractivity contribution is 0.0768. The van der Waals surface area contributed by atoms with Crippen molar-refractivity contribution in [1.29, 1.82) is 0 Å². The molecule has 1 N–H and O–H groups in total. The van der Waals surface area contributed by atoms with Crippen molar-refractivity contribution in [3.63, 3.8) is 0 Å². The van der Waals surface area contributed by atoms with Crippen LogP contribution in [0.5, 0.6) is 0 Å². The Morgan fingerprint density at radius 2 is 2.15 bits per heavy atom. The first-order valence-electron chi connectivity index (χ1n) is 6.99. The van der Waals surface area contributed by atoms with Crippen LogP contribution in [0, 0.1) is 13.8 Å². The van der Waals surface area contributed by atoms with E-state index in [1.165, 1.54) is 0 Å². The Morgan fingerprint density at radius 1 is 1.30 bits per heavy atom. The quantitative estimate of drug-likeness (QED) is 0.834. The number of hydrogen-bond acceptors (Lipinski definition) is 4. The molecule has 3 heterocycles. The molecule has 0 radical (unpaired) electrons. The summed E-state index contributed by atoms with van der Waals surface area (Å²) in [7, 11) is 0. The number of rotatable bonds is 1. The van der Waals surface area contributed by atoms with Crippen LogP contribution in [0.3, 0.4) is 0 Å². The smallest absolute Gasteiger partial charge is 0.259 e. The van der Waals surface area contributed by atoms with E-state index in [1.807, 2.05) is 24.8 Å². The number of carbonyl (C=O) groups is 1. The van der Waals surface area contributed by atoms with Crippen molar-refractivity contribution in [3.05, 3.63) is 29.2 Å². The molecule has 0 saturated carbocycles. The van der Waals surface area contributed by atoms with Gasteiger partial charge in [-0.3, -0.25) is 4.79 Å². The number of carbonyl (C=O) groups excluding carboxylic acids is 1. The minimum Gasteiger partial charge on any atom is -0.337 e. The minimum atomic E-state index is 0.0289. The van der Waals surface area contributed by atoms with Gasteiger partial charge in [-0.15, -0.1) is 0 Å². The molecule has 2 aromatic heterocycles. The molecule has 0 aliphatic carbocycles. The average Bonchev–Trinajstić information content (AvgIpc) is 2.66. The fraction of sp³-hybridized carbons (Fsp3) is 0.500. The van der Waals surface area contributed by atoms with Crippen molar-refractivity contribution in [1.82, 2.24) is 24.8 Å². The summed E-state index contributed by atoms with van der Waals surface area (Å²) in [5.74, 6) is 0.0289. The normalized spacial score (nSPS) is 16.4. The summed E-state index contributed by atoms with van der Waals surface area (Å²) in [4.78, 5) is 19.0. The van der Waals surface area contributed by atoms with Crippen LogP contribution in [0.15, 0.2) is 12.3 Å². The highest BCUT2D eigenvalue weighted by atomic mass is 16.2. The van der Waals surface area contributed by atoms with Gasteiger partial charge in [0.15, 0.2) is 5.65 Å². The predicted molar refractivity (Wildman–Crippen MR) is 75.9 cm³/mol. The van der Waals surface area contributed by atoms with Gasteiger partial charge < -0.3 is 10.2 Å². The molecule has 2 aromatic rings. The van der Waals surface area contributed by atoms with E-state index in [1.54, 1.807) is 10.7 Å². The molecule has 6 heteroatoms. The van der Waals surface area contributed by atoms with Crippen molar-refractivity contribution in [2.75, 3.05) is 26.2 Å². The Labute approximate surface area is 117 Å². The zero-order valence-corrected chi connectivity index (χ0v) is 11.9. The van der Waals surface area contributed by atoms with Gasteiger partial charge in [0.2, 0.25) is 0 Å². The van der Waals surface area contributed by atoms with Gasteiger partial charge in [0.05, 0.1) is 6.20 Å².